The molecule has 0 atom stereocenters. The van der Waals surface area contributed by atoms with Crippen molar-refractivity contribution in [2.45, 2.75) is 45.1 Å². The fourth-order valence-corrected chi connectivity index (χ4v) is 3.03. The summed E-state index contributed by atoms with van der Waals surface area (Å²) in [4.78, 5) is 16.8. The molecule has 5 heteroatoms. The van der Waals surface area contributed by atoms with Gasteiger partial charge in [0.2, 0.25) is 11.8 Å². The normalized spacial score (nSPS) is 17.8. The van der Waals surface area contributed by atoms with Gasteiger partial charge in [-0.15, -0.1) is 0 Å². The summed E-state index contributed by atoms with van der Waals surface area (Å²) in [6.07, 6.45) is 8.02. The lowest BCUT2D eigenvalue weighted by Crippen LogP contribution is -2.45. The molecular formula is C16H25N3O2. The van der Waals surface area contributed by atoms with E-state index in [0.29, 0.717) is 19.0 Å². The molecule has 1 aromatic rings. The Bertz CT molecular complexity index is 468. The number of nitrogens with two attached hydrogens (primary N) is 1. The van der Waals surface area contributed by atoms with Gasteiger partial charge in [0, 0.05) is 24.8 Å². The van der Waals surface area contributed by atoms with Crippen molar-refractivity contribution in [3.05, 3.63) is 23.9 Å². The molecule has 116 valence electrons. The summed E-state index contributed by atoms with van der Waals surface area (Å²) in [5, 5.41) is 3.02. The molecule has 1 aromatic heterocycles. The zero-order valence-corrected chi connectivity index (χ0v) is 12.7. The first kappa shape index (κ1) is 15.8. The molecule has 1 saturated carbocycles. The molecule has 0 unspecified atom stereocenters. The molecule has 1 fully saturated rings. The van der Waals surface area contributed by atoms with Crippen molar-refractivity contribution in [2.24, 2.45) is 11.1 Å². The van der Waals surface area contributed by atoms with Gasteiger partial charge in [-0.3, -0.25) is 4.79 Å². The lowest BCUT2D eigenvalue weighted by molar-refractivity contribution is -0.131. The zero-order valence-electron chi connectivity index (χ0n) is 12.7. The number of hydrogen-bond acceptors (Lipinski definition) is 4. The van der Waals surface area contributed by atoms with E-state index in [1.165, 1.54) is 12.8 Å². The van der Waals surface area contributed by atoms with Crippen molar-refractivity contribution in [3.8, 4) is 5.88 Å². The van der Waals surface area contributed by atoms with Crippen LogP contribution in [-0.4, -0.2) is 24.5 Å². The van der Waals surface area contributed by atoms with Gasteiger partial charge in [-0.05, 0) is 18.9 Å². The molecule has 1 heterocycles. The van der Waals surface area contributed by atoms with Crippen LogP contribution >= 0.6 is 0 Å². The minimum absolute atomic E-state index is 0.0674. The highest BCUT2D eigenvalue weighted by atomic mass is 16.5. The predicted octanol–water partition coefficient (Wildman–Crippen LogP) is 2.01. The van der Waals surface area contributed by atoms with Crippen LogP contribution in [0.15, 0.2) is 18.3 Å². The van der Waals surface area contributed by atoms with E-state index in [0.717, 1.165) is 31.2 Å². The zero-order chi connectivity index (χ0) is 15.1. The van der Waals surface area contributed by atoms with Crippen LogP contribution < -0.4 is 15.8 Å². The summed E-state index contributed by atoms with van der Waals surface area (Å²) in [6, 6.07) is 3.75. The Morgan fingerprint density at radius 2 is 2.10 bits per heavy atom. The Balaban J connectivity index is 2.02. The van der Waals surface area contributed by atoms with Crippen LogP contribution in [0, 0.1) is 5.41 Å². The molecule has 2 rings (SSSR count). The maximum Gasteiger partial charge on any atom is 0.227 e. The summed E-state index contributed by atoms with van der Waals surface area (Å²) < 4.78 is 5.21. The van der Waals surface area contributed by atoms with Crippen LogP contribution in [-0.2, 0) is 11.3 Å². The molecule has 0 radical (unpaired) electrons. The van der Waals surface area contributed by atoms with Crippen LogP contribution in [0.4, 0.5) is 0 Å². The number of rotatable bonds is 5. The van der Waals surface area contributed by atoms with Crippen LogP contribution in [0.2, 0.25) is 0 Å². The number of nitrogens with one attached hydrogen (secondary N) is 1. The Hall–Kier alpha value is -1.62. The van der Waals surface area contributed by atoms with E-state index < -0.39 is 5.41 Å². The number of amides is 1. The van der Waals surface area contributed by atoms with Gasteiger partial charge in [-0.1, -0.05) is 31.7 Å². The number of carbonyl (C=O) groups excluding carboxylic acids is 1. The van der Waals surface area contributed by atoms with Crippen molar-refractivity contribution >= 4 is 5.91 Å². The molecule has 0 spiro atoms. The second-order valence-corrected chi connectivity index (χ2v) is 5.75. The van der Waals surface area contributed by atoms with E-state index in [4.69, 9.17) is 10.5 Å². The number of carbonyl (C=O) groups is 1. The van der Waals surface area contributed by atoms with Crippen LogP contribution in [0.3, 0.4) is 0 Å². The molecule has 0 aromatic carbocycles. The van der Waals surface area contributed by atoms with Gasteiger partial charge in [0.25, 0.3) is 0 Å². The van der Waals surface area contributed by atoms with Crippen molar-refractivity contribution in [1.29, 1.82) is 0 Å². The monoisotopic (exact) mass is 291 g/mol. The summed E-state index contributed by atoms with van der Waals surface area (Å²) in [5.74, 6) is 0.623. The second kappa shape index (κ2) is 7.41. The number of pyridine rings is 1. The summed E-state index contributed by atoms with van der Waals surface area (Å²) in [7, 11) is 1.58. The standard InChI is InChI=1S/C16H25N3O2/c1-21-14-13(7-6-10-18-14)11-19-15(20)16(12-17)8-4-2-3-5-9-16/h6-7,10H,2-5,8-9,11-12,17H2,1H3,(H,19,20). The van der Waals surface area contributed by atoms with Crippen LogP contribution in [0.5, 0.6) is 5.88 Å². The first-order valence-corrected chi connectivity index (χ1v) is 7.68. The lowest BCUT2D eigenvalue weighted by atomic mass is 9.79. The Morgan fingerprint density at radius 1 is 1.38 bits per heavy atom. The second-order valence-electron chi connectivity index (χ2n) is 5.75. The lowest BCUT2D eigenvalue weighted by Gasteiger charge is -2.29. The van der Waals surface area contributed by atoms with Gasteiger partial charge < -0.3 is 15.8 Å². The van der Waals surface area contributed by atoms with Crippen LogP contribution in [0.25, 0.3) is 0 Å². The van der Waals surface area contributed by atoms with Gasteiger partial charge in [0.15, 0.2) is 0 Å². The third-order valence-electron chi connectivity index (χ3n) is 4.42. The number of aromatic nitrogens is 1. The summed E-state index contributed by atoms with van der Waals surface area (Å²) in [6.45, 7) is 0.848. The SMILES string of the molecule is COc1ncccc1CNC(=O)C1(CN)CCCCCC1. The summed E-state index contributed by atoms with van der Waals surface area (Å²) >= 11 is 0. The van der Waals surface area contributed by atoms with E-state index in [9.17, 15) is 4.79 Å². The average Bonchev–Trinajstić information content (AvgIpc) is 2.79. The van der Waals surface area contributed by atoms with E-state index in [1.54, 1.807) is 13.3 Å². The van der Waals surface area contributed by atoms with Gasteiger partial charge in [0.1, 0.15) is 0 Å². The van der Waals surface area contributed by atoms with Gasteiger partial charge in [-0.25, -0.2) is 4.98 Å². The molecule has 3 N–H and O–H groups in total. The van der Waals surface area contributed by atoms with Crippen molar-refractivity contribution in [2.75, 3.05) is 13.7 Å². The summed E-state index contributed by atoms with van der Waals surface area (Å²) in [5.41, 5.74) is 6.42. The highest BCUT2D eigenvalue weighted by Crippen LogP contribution is 2.34. The fraction of sp³-hybridized carbons (Fsp3) is 0.625. The van der Waals surface area contributed by atoms with E-state index >= 15 is 0 Å². The first-order chi connectivity index (χ1) is 10.2. The molecule has 21 heavy (non-hydrogen) atoms. The predicted molar refractivity (Wildman–Crippen MR) is 81.8 cm³/mol. The van der Waals surface area contributed by atoms with Gasteiger partial charge in [-0.2, -0.15) is 0 Å². The van der Waals surface area contributed by atoms with Crippen molar-refractivity contribution in [1.82, 2.24) is 10.3 Å². The molecule has 1 aliphatic carbocycles. The minimum atomic E-state index is -0.397. The molecule has 0 saturated heterocycles. The van der Waals surface area contributed by atoms with Gasteiger partial charge >= 0.3 is 0 Å². The van der Waals surface area contributed by atoms with Gasteiger partial charge in [0.05, 0.1) is 12.5 Å². The van der Waals surface area contributed by atoms with E-state index in [-0.39, 0.29) is 5.91 Å². The third kappa shape index (κ3) is 3.73. The number of nitrogens with zero attached hydrogens (tertiary/aromatic N) is 1. The first-order valence-electron chi connectivity index (χ1n) is 7.68. The number of hydrogen-bond donors (Lipinski definition) is 2. The largest absolute Gasteiger partial charge is 0.481 e. The average molecular weight is 291 g/mol. The number of ether oxygens (including phenoxy) is 1. The minimum Gasteiger partial charge on any atom is -0.481 e. The van der Waals surface area contributed by atoms with E-state index in [2.05, 4.69) is 10.3 Å². The molecular weight excluding hydrogens is 266 g/mol. The van der Waals surface area contributed by atoms with Crippen molar-refractivity contribution in [3.63, 3.8) is 0 Å². The Morgan fingerprint density at radius 3 is 2.71 bits per heavy atom. The van der Waals surface area contributed by atoms with E-state index in [1.807, 2.05) is 12.1 Å². The quantitative estimate of drug-likeness (QED) is 0.814. The Labute approximate surface area is 126 Å². The van der Waals surface area contributed by atoms with Crippen LogP contribution in [0.1, 0.15) is 44.1 Å². The fourth-order valence-electron chi connectivity index (χ4n) is 3.03. The molecule has 1 amide bonds. The molecule has 1 aliphatic rings. The number of methoxy groups -OCH3 is 1. The molecule has 0 aliphatic heterocycles. The van der Waals surface area contributed by atoms with Crippen molar-refractivity contribution < 1.29 is 9.53 Å². The maximum absolute atomic E-state index is 12.6. The smallest absolute Gasteiger partial charge is 0.227 e. The third-order valence-corrected chi connectivity index (χ3v) is 4.42. The maximum atomic E-state index is 12.6. The highest BCUT2D eigenvalue weighted by molar-refractivity contribution is 5.83. The molecule has 5 nitrogen and oxygen atoms in total. The Kier molecular flexibility index (Phi) is 5.56. The highest BCUT2D eigenvalue weighted by Gasteiger charge is 2.37. The topological polar surface area (TPSA) is 77.2 Å². The molecule has 0 bridgehead atoms.